The molecule has 0 aliphatic heterocycles. The molecule has 7 nitrogen and oxygen atoms in total. The van der Waals surface area contributed by atoms with Crippen LogP contribution in [-0.2, 0) is 26.2 Å². The lowest BCUT2D eigenvalue weighted by atomic mass is 10.1. The minimum absolute atomic E-state index is 0.0249. The molecular weight excluding hydrogens is 617 g/mol. The molecular formula is C31H36Cl3N3O4S. The van der Waals surface area contributed by atoms with Gasteiger partial charge in [0.2, 0.25) is 11.8 Å². The van der Waals surface area contributed by atoms with Crippen LogP contribution in [0.1, 0.15) is 49.8 Å². The van der Waals surface area contributed by atoms with Gasteiger partial charge in [0.15, 0.2) is 0 Å². The number of aryl methyl sites for hydroxylation is 1. The molecule has 0 aromatic heterocycles. The second-order valence-corrected chi connectivity index (χ2v) is 13.1. The molecule has 1 atom stereocenters. The second-order valence-electron chi connectivity index (χ2n) is 10.0. The minimum atomic E-state index is -4.21. The zero-order valence-corrected chi connectivity index (χ0v) is 27.2. The van der Waals surface area contributed by atoms with Gasteiger partial charge in [-0.2, -0.15) is 0 Å². The number of amides is 2. The van der Waals surface area contributed by atoms with Crippen LogP contribution < -0.4 is 9.62 Å². The van der Waals surface area contributed by atoms with Crippen LogP contribution in [0, 0.1) is 13.8 Å². The van der Waals surface area contributed by atoms with E-state index in [0.717, 1.165) is 22.7 Å². The Bertz CT molecular complexity index is 1510. The Kier molecular flexibility index (Phi) is 12.1. The maximum Gasteiger partial charge on any atom is 0.264 e. The molecule has 0 spiro atoms. The summed E-state index contributed by atoms with van der Waals surface area (Å²) < 4.78 is 29.2. The highest BCUT2D eigenvalue weighted by molar-refractivity contribution is 7.92. The molecule has 0 unspecified atom stereocenters. The lowest BCUT2D eigenvalue weighted by Crippen LogP contribution is -2.52. The van der Waals surface area contributed by atoms with Crippen molar-refractivity contribution in [3.05, 3.63) is 92.4 Å². The van der Waals surface area contributed by atoms with Crippen molar-refractivity contribution < 1.29 is 18.0 Å². The first-order valence-electron chi connectivity index (χ1n) is 13.8. The number of nitrogens with zero attached hydrogens (tertiary/aromatic N) is 2. The van der Waals surface area contributed by atoms with Crippen LogP contribution in [0.4, 0.5) is 5.69 Å². The summed E-state index contributed by atoms with van der Waals surface area (Å²) >= 11 is 19.0. The Balaban J connectivity index is 2.10. The number of benzene rings is 3. The summed E-state index contributed by atoms with van der Waals surface area (Å²) in [5.74, 6) is -0.898. The fraction of sp³-hybridized carbons (Fsp3) is 0.355. The summed E-state index contributed by atoms with van der Waals surface area (Å²) in [7, 11) is -4.21. The molecule has 0 bridgehead atoms. The van der Waals surface area contributed by atoms with E-state index in [0.29, 0.717) is 39.2 Å². The number of anilines is 1. The summed E-state index contributed by atoms with van der Waals surface area (Å²) in [5.41, 5.74) is 2.23. The molecule has 3 aromatic carbocycles. The van der Waals surface area contributed by atoms with Gasteiger partial charge in [-0.3, -0.25) is 13.9 Å². The smallest absolute Gasteiger partial charge is 0.264 e. The average Bonchev–Trinajstić information content (AvgIpc) is 2.94. The van der Waals surface area contributed by atoms with Crippen molar-refractivity contribution in [2.75, 3.05) is 17.4 Å². The number of hydrogen-bond acceptors (Lipinski definition) is 4. The Morgan fingerprint density at radius 3 is 2.24 bits per heavy atom. The van der Waals surface area contributed by atoms with Crippen LogP contribution in [0.5, 0.6) is 0 Å². The number of halogens is 3. The van der Waals surface area contributed by atoms with Crippen molar-refractivity contribution in [3.8, 4) is 0 Å². The largest absolute Gasteiger partial charge is 0.354 e. The van der Waals surface area contributed by atoms with Gasteiger partial charge in [0.25, 0.3) is 10.0 Å². The molecule has 3 aromatic rings. The molecule has 0 radical (unpaired) electrons. The van der Waals surface area contributed by atoms with Crippen molar-refractivity contribution in [1.82, 2.24) is 10.2 Å². The third kappa shape index (κ3) is 8.19. The molecule has 0 saturated carbocycles. The van der Waals surface area contributed by atoms with E-state index < -0.39 is 28.5 Å². The Morgan fingerprint density at radius 1 is 0.929 bits per heavy atom. The van der Waals surface area contributed by atoms with E-state index >= 15 is 0 Å². The van der Waals surface area contributed by atoms with Crippen molar-refractivity contribution in [3.63, 3.8) is 0 Å². The van der Waals surface area contributed by atoms with Crippen LogP contribution in [0.25, 0.3) is 0 Å². The molecule has 0 aliphatic carbocycles. The summed E-state index contributed by atoms with van der Waals surface area (Å²) in [4.78, 5) is 28.9. The molecule has 42 heavy (non-hydrogen) atoms. The quantitative estimate of drug-likeness (QED) is 0.198. The zero-order valence-electron chi connectivity index (χ0n) is 24.2. The van der Waals surface area contributed by atoms with Crippen molar-refractivity contribution in [1.29, 1.82) is 0 Å². The highest BCUT2D eigenvalue weighted by atomic mass is 35.5. The van der Waals surface area contributed by atoms with Crippen LogP contribution in [-0.4, -0.2) is 44.3 Å². The Labute approximate surface area is 263 Å². The maximum absolute atomic E-state index is 14.2. The number of carbonyl (C=O) groups is 2. The normalized spacial score (nSPS) is 12.1. The van der Waals surface area contributed by atoms with Gasteiger partial charge in [-0.05, 0) is 74.2 Å². The monoisotopic (exact) mass is 651 g/mol. The van der Waals surface area contributed by atoms with E-state index in [4.69, 9.17) is 34.8 Å². The fourth-order valence-electron chi connectivity index (χ4n) is 4.48. The average molecular weight is 653 g/mol. The molecule has 0 aliphatic rings. The van der Waals surface area contributed by atoms with E-state index in [2.05, 4.69) is 5.32 Å². The lowest BCUT2D eigenvalue weighted by molar-refractivity contribution is -0.140. The van der Waals surface area contributed by atoms with Crippen molar-refractivity contribution >= 4 is 62.3 Å². The molecule has 1 N–H and O–H groups in total. The molecule has 0 fully saturated rings. The third-order valence-electron chi connectivity index (χ3n) is 6.97. The van der Waals surface area contributed by atoms with Gasteiger partial charge in [0, 0.05) is 28.2 Å². The van der Waals surface area contributed by atoms with Crippen LogP contribution in [0.3, 0.4) is 0 Å². The SMILES string of the molecule is CCCCNC(=O)[C@H](CC)N(Cc1ccc(Cl)cc1Cl)C(=O)CN(c1cccc(Cl)c1C)S(=O)(=O)c1ccc(C)cc1. The highest BCUT2D eigenvalue weighted by Crippen LogP contribution is 2.32. The first kappa shape index (κ1) is 33.7. The third-order valence-corrected chi connectivity index (χ3v) is 9.74. The van der Waals surface area contributed by atoms with Crippen molar-refractivity contribution in [2.24, 2.45) is 0 Å². The summed E-state index contributed by atoms with van der Waals surface area (Å²) in [6, 6.07) is 15.3. The van der Waals surface area contributed by atoms with E-state index in [-0.39, 0.29) is 23.0 Å². The molecule has 0 heterocycles. The topological polar surface area (TPSA) is 86.8 Å². The Morgan fingerprint density at radius 2 is 1.62 bits per heavy atom. The van der Waals surface area contributed by atoms with Gasteiger partial charge in [0.1, 0.15) is 12.6 Å². The fourth-order valence-corrected chi connectivity index (χ4v) is 6.59. The number of unbranched alkanes of at least 4 members (excludes halogenated alkanes) is 1. The van der Waals surface area contributed by atoms with E-state index in [1.165, 1.54) is 17.0 Å². The molecule has 11 heteroatoms. The van der Waals surface area contributed by atoms with Crippen LogP contribution in [0.15, 0.2) is 65.6 Å². The number of sulfonamides is 1. The molecule has 226 valence electrons. The predicted molar refractivity (Wildman–Crippen MR) is 171 cm³/mol. The summed E-state index contributed by atoms with van der Waals surface area (Å²) in [5, 5.41) is 4.02. The summed E-state index contributed by atoms with van der Waals surface area (Å²) in [6.45, 7) is 7.24. The number of nitrogens with one attached hydrogen (secondary N) is 1. The van der Waals surface area contributed by atoms with Gasteiger partial charge in [-0.1, -0.05) is 84.9 Å². The highest BCUT2D eigenvalue weighted by Gasteiger charge is 2.34. The number of hydrogen-bond donors (Lipinski definition) is 1. The second kappa shape index (κ2) is 15.1. The van der Waals surface area contributed by atoms with Gasteiger partial charge < -0.3 is 10.2 Å². The first-order valence-corrected chi connectivity index (χ1v) is 16.3. The van der Waals surface area contributed by atoms with Crippen LogP contribution >= 0.6 is 34.8 Å². The maximum atomic E-state index is 14.2. The summed E-state index contributed by atoms with van der Waals surface area (Å²) in [6.07, 6.45) is 1.98. The van der Waals surface area contributed by atoms with Crippen molar-refractivity contribution in [2.45, 2.75) is 64.4 Å². The standard InChI is InChI=1S/C31H36Cl3N3O4S/c1-5-7-17-35-31(39)28(6-2)36(19-23-13-14-24(32)18-27(23)34)30(38)20-37(29-10-8-9-26(33)22(29)4)42(40,41)25-15-11-21(3)12-16-25/h8-16,18,28H,5-7,17,19-20H2,1-4H3,(H,35,39)/t28-/m0/s1. The Hall–Kier alpha value is -2.78. The van der Waals surface area contributed by atoms with E-state index in [9.17, 15) is 18.0 Å². The van der Waals surface area contributed by atoms with Gasteiger partial charge >= 0.3 is 0 Å². The number of carbonyl (C=O) groups excluding carboxylic acids is 2. The first-order chi connectivity index (χ1) is 19.9. The van der Waals surface area contributed by atoms with Crippen LogP contribution in [0.2, 0.25) is 15.1 Å². The minimum Gasteiger partial charge on any atom is -0.354 e. The number of rotatable bonds is 13. The molecule has 2 amide bonds. The van der Waals surface area contributed by atoms with E-state index in [1.54, 1.807) is 62.4 Å². The van der Waals surface area contributed by atoms with Gasteiger partial charge in [-0.15, -0.1) is 0 Å². The zero-order chi connectivity index (χ0) is 31.0. The van der Waals surface area contributed by atoms with E-state index in [1.807, 2.05) is 13.8 Å². The lowest BCUT2D eigenvalue weighted by Gasteiger charge is -2.34. The van der Waals surface area contributed by atoms with Gasteiger partial charge in [0.05, 0.1) is 10.6 Å². The predicted octanol–water partition coefficient (Wildman–Crippen LogP) is 7.18. The van der Waals surface area contributed by atoms with Gasteiger partial charge in [-0.25, -0.2) is 8.42 Å². The molecule has 3 rings (SSSR count). The molecule has 0 saturated heterocycles.